The smallest absolute Gasteiger partial charge is 0.0964 e. The minimum atomic E-state index is -0.561. The summed E-state index contributed by atoms with van der Waals surface area (Å²) in [6, 6.07) is 0. The van der Waals surface area contributed by atoms with Gasteiger partial charge >= 0.3 is 0 Å². The molecule has 1 heterocycles. The zero-order valence-corrected chi connectivity index (χ0v) is 10.1. The molecule has 2 N–H and O–H groups in total. The Bertz CT molecular complexity index is 210. The van der Waals surface area contributed by atoms with Crippen LogP contribution in [0.5, 0.6) is 0 Å². The summed E-state index contributed by atoms with van der Waals surface area (Å²) in [7, 11) is 0. The van der Waals surface area contributed by atoms with Crippen LogP contribution in [0.15, 0.2) is 4.99 Å². The topological polar surface area (TPSA) is 44.6 Å². The van der Waals surface area contributed by atoms with Crippen LogP contribution in [-0.4, -0.2) is 29.6 Å². The average molecular weight is 212 g/mol. The van der Waals surface area contributed by atoms with Crippen LogP contribution >= 0.6 is 0 Å². The molecule has 0 aromatic carbocycles. The number of rotatable bonds is 4. The molecular weight excluding hydrogens is 188 g/mol. The number of amidine groups is 1. The quantitative estimate of drug-likeness (QED) is 0.749. The molecule has 0 spiro atoms. The molecule has 3 heteroatoms. The molecule has 0 saturated heterocycles. The first-order chi connectivity index (χ1) is 7.20. The van der Waals surface area contributed by atoms with Crippen LogP contribution in [0.25, 0.3) is 0 Å². The van der Waals surface area contributed by atoms with Crippen LogP contribution in [0, 0.1) is 0 Å². The van der Waals surface area contributed by atoms with Crippen molar-refractivity contribution in [2.24, 2.45) is 4.99 Å². The first kappa shape index (κ1) is 12.5. The van der Waals surface area contributed by atoms with Gasteiger partial charge < -0.3 is 10.4 Å². The Hall–Kier alpha value is -0.570. The molecule has 0 aromatic rings. The monoisotopic (exact) mass is 212 g/mol. The van der Waals surface area contributed by atoms with Gasteiger partial charge in [-0.2, -0.15) is 0 Å². The second-order valence-corrected chi connectivity index (χ2v) is 4.42. The number of nitrogens with one attached hydrogen (secondary N) is 1. The summed E-state index contributed by atoms with van der Waals surface area (Å²) in [6.45, 7) is 5.64. The van der Waals surface area contributed by atoms with Crippen LogP contribution in [0.4, 0.5) is 0 Å². The first-order valence-corrected chi connectivity index (χ1v) is 6.20. The van der Waals surface area contributed by atoms with Crippen LogP contribution < -0.4 is 5.32 Å². The van der Waals surface area contributed by atoms with Crippen molar-refractivity contribution in [2.75, 3.05) is 13.1 Å². The Morgan fingerprint density at radius 3 is 2.67 bits per heavy atom. The van der Waals surface area contributed by atoms with E-state index in [0.29, 0.717) is 6.54 Å². The van der Waals surface area contributed by atoms with E-state index in [-0.39, 0.29) is 0 Å². The molecule has 0 fully saturated rings. The Balaban J connectivity index is 2.37. The van der Waals surface area contributed by atoms with Crippen molar-refractivity contribution < 1.29 is 5.11 Å². The number of nitrogens with zero attached hydrogens (tertiary/aromatic N) is 1. The fraction of sp³-hybridized carbons (Fsp3) is 0.917. The molecule has 0 atom stereocenters. The van der Waals surface area contributed by atoms with Gasteiger partial charge in [0.05, 0.1) is 11.4 Å². The summed E-state index contributed by atoms with van der Waals surface area (Å²) in [6.07, 6.45) is 6.34. The maximum absolute atomic E-state index is 10.1. The summed E-state index contributed by atoms with van der Waals surface area (Å²) in [4.78, 5) is 4.49. The highest BCUT2D eigenvalue weighted by Gasteiger charge is 2.22. The molecule has 88 valence electrons. The van der Waals surface area contributed by atoms with Gasteiger partial charge in [0.2, 0.25) is 0 Å². The largest absolute Gasteiger partial charge is 0.388 e. The molecule has 0 aliphatic carbocycles. The third-order valence-electron chi connectivity index (χ3n) is 3.31. The molecule has 1 aliphatic rings. The Kier molecular flexibility index (Phi) is 5.09. The van der Waals surface area contributed by atoms with Crippen LogP contribution in [0.2, 0.25) is 0 Å². The fourth-order valence-corrected chi connectivity index (χ4v) is 1.78. The highest BCUT2D eigenvalue weighted by atomic mass is 16.3. The normalized spacial score (nSPS) is 18.2. The Labute approximate surface area is 93.0 Å². The number of hydrogen-bond donors (Lipinski definition) is 2. The summed E-state index contributed by atoms with van der Waals surface area (Å²) >= 11 is 0. The van der Waals surface area contributed by atoms with Crippen molar-refractivity contribution in [3.63, 3.8) is 0 Å². The third kappa shape index (κ3) is 4.20. The summed E-state index contributed by atoms with van der Waals surface area (Å²) in [5.41, 5.74) is -0.561. The van der Waals surface area contributed by atoms with Gasteiger partial charge in [-0.15, -0.1) is 0 Å². The fourth-order valence-electron chi connectivity index (χ4n) is 1.78. The molecule has 0 bridgehead atoms. The van der Waals surface area contributed by atoms with Crippen molar-refractivity contribution in [2.45, 2.75) is 58.0 Å². The van der Waals surface area contributed by atoms with Crippen molar-refractivity contribution in [1.82, 2.24) is 5.32 Å². The predicted molar refractivity (Wildman–Crippen MR) is 64.3 cm³/mol. The second-order valence-electron chi connectivity index (χ2n) is 4.42. The van der Waals surface area contributed by atoms with Crippen molar-refractivity contribution in [3.05, 3.63) is 0 Å². The zero-order valence-electron chi connectivity index (χ0n) is 10.1. The lowest BCUT2D eigenvalue weighted by molar-refractivity contribution is 0.0368. The molecule has 3 nitrogen and oxygen atoms in total. The van der Waals surface area contributed by atoms with E-state index in [4.69, 9.17) is 0 Å². The average Bonchev–Trinajstić information content (AvgIpc) is 2.54. The predicted octanol–water partition coefficient (Wildman–Crippen LogP) is 2.10. The van der Waals surface area contributed by atoms with E-state index in [0.717, 1.165) is 31.6 Å². The Morgan fingerprint density at radius 1 is 1.27 bits per heavy atom. The van der Waals surface area contributed by atoms with Gasteiger partial charge in [0, 0.05) is 19.5 Å². The van der Waals surface area contributed by atoms with Gasteiger partial charge in [-0.25, -0.2) is 0 Å². The van der Waals surface area contributed by atoms with E-state index in [2.05, 4.69) is 10.3 Å². The molecule has 0 amide bonds. The van der Waals surface area contributed by atoms with E-state index in [1.807, 2.05) is 13.8 Å². The van der Waals surface area contributed by atoms with E-state index < -0.39 is 5.60 Å². The van der Waals surface area contributed by atoms with Crippen molar-refractivity contribution in [1.29, 1.82) is 0 Å². The van der Waals surface area contributed by atoms with Crippen molar-refractivity contribution >= 4 is 5.84 Å². The highest BCUT2D eigenvalue weighted by Crippen LogP contribution is 2.13. The third-order valence-corrected chi connectivity index (χ3v) is 3.31. The first-order valence-electron chi connectivity index (χ1n) is 6.20. The Morgan fingerprint density at radius 2 is 2.00 bits per heavy atom. The minimum Gasteiger partial charge on any atom is -0.388 e. The lowest BCUT2D eigenvalue weighted by Crippen LogP contribution is -2.42. The van der Waals surface area contributed by atoms with Gasteiger partial charge in [-0.05, 0) is 25.7 Å². The second kappa shape index (κ2) is 6.11. The number of aliphatic hydroxyl groups is 1. The van der Waals surface area contributed by atoms with E-state index in [1.165, 1.54) is 19.3 Å². The van der Waals surface area contributed by atoms with Gasteiger partial charge in [0.1, 0.15) is 0 Å². The van der Waals surface area contributed by atoms with Crippen LogP contribution in [0.3, 0.4) is 0 Å². The molecule has 0 unspecified atom stereocenters. The van der Waals surface area contributed by atoms with Gasteiger partial charge in [-0.1, -0.05) is 20.3 Å². The summed E-state index contributed by atoms with van der Waals surface area (Å²) in [5, 5.41) is 13.4. The van der Waals surface area contributed by atoms with E-state index in [1.54, 1.807) is 0 Å². The molecule has 1 rings (SSSR count). The van der Waals surface area contributed by atoms with E-state index >= 15 is 0 Å². The maximum atomic E-state index is 10.1. The molecule has 15 heavy (non-hydrogen) atoms. The van der Waals surface area contributed by atoms with E-state index in [9.17, 15) is 5.11 Å². The highest BCUT2D eigenvalue weighted by molar-refractivity contribution is 5.82. The molecule has 0 saturated carbocycles. The van der Waals surface area contributed by atoms with Gasteiger partial charge in [0.15, 0.2) is 0 Å². The number of aliphatic imine (C=N–C) groups is 1. The van der Waals surface area contributed by atoms with Gasteiger partial charge in [0.25, 0.3) is 0 Å². The minimum absolute atomic E-state index is 0.561. The van der Waals surface area contributed by atoms with Crippen LogP contribution in [0.1, 0.15) is 52.4 Å². The molecule has 0 radical (unpaired) electrons. The molecule has 1 aliphatic heterocycles. The van der Waals surface area contributed by atoms with Gasteiger partial charge in [-0.3, -0.25) is 4.99 Å². The molecular formula is C12H24N2O. The lowest BCUT2D eigenvalue weighted by Gasteiger charge is -2.26. The number of hydrogen-bond acceptors (Lipinski definition) is 3. The standard InChI is InChI=1S/C12H24N2O/c1-3-12(15,4-2)10-14-11-8-6-5-7-9-13-11/h15H,3-10H2,1-2H3,(H,13,14). The summed E-state index contributed by atoms with van der Waals surface area (Å²) < 4.78 is 0. The molecule has 0 aromatic heterocycles. The SMILES string of the molecule is CCC(O)(CC)CNC1=NCCCCC1. The summed E-state index contributed by atoms with van der Waals surface area (Å²) in [5.74, 6) is 1.09. The lowest BCUT2D eigenvalue weighted by atomic mass is 9.97. The maximum Gasteiger partial charge on any atom is 0.0964 e. The van der Waals surface area contributed by atoms with Crippen LogP contribution in [-0.2, 0) is 0 Å². The zero-order chi connectivity index (χ0) is 11.1. The van der Waals surface area contributed by atoms with Crippen molar-refractivity contribution in [3.8, 4) is 0 Å².